The molecule has 0 aromatic heterocycles. The highest BCUT2D eigenvalue weighted by Gasteiger charge is 2.97. The van der Waals surface area contributed by atoms with Crippen LogP contribution in [0.2, 0.25) is 0 Å². The Bertz CT molecular complexity index is 1010. The fourth-order valence-electron chi connectivity index (χ4n) is 11.2. The van der Waals surface area contributed by atoms with E-state index < -0.39 is 34.4 Å². The van der Waals surface area contributed by atoms with Crippen LogP contribution in [0.3, 0.4) is 0 Å². The van der Waals surface area contributed by atoms with Crippen LogP contribution in [0.1, 0.15) is 26.7 Å². The fourth-order valence-corrected chi connectivity index (χ4v) is 11.2. The second kappa shape index (κ2) is 6.67. The molecule has 6 fully saturated rings. The van der Waals surface area contributed by atoms with Crippen molar-refractivity contribution in [3.63, 3.8) is 0 Å². The maximum absolute atomic E-state index is 13.3. The molecule has 7 bridgehead atoms. The van der Waals surface area contributed by atoms with E-state index in [0.29, 0.717) is 12.8 Å². The van der Waals surface area contributed by atoms with E-state index >= 15 is 0 Å². The van der Waals surface area contributed by atoms with Crippen molar-refractivity contribution in [2.45, 2.75) is 73.9 Å². The number of hydrogen-bond donors (Lipinski definition) is 1. The van der Waals surface area contributed by atoms with Gasteiger partial charge in [-0.05, 0) is 13.5 Å². The Kier molecular flexibility index (Phi) is 4.40. The van der Waals surface area contributed by atoms with E-state index in [4.69, 9.17) is 28.4 Å². The number of ether oxygens (including phenoxy) is 6. The van der Waals surface area contributed by atoms with Crippen molar-refractivity contribution >= 4 is 5.97 Å². The van der Waals surface area contributed by atoms with E-state index in [1.54, 1.807) is 21.3 Å². The molecule has 3 spiro atoms. The highest BCUT2D eigenvalue weighted by molar-refractivity contribution is 5.67. The van der Waals surface area contributed by atoms with Crippen molar-refractivity contribution < 1.29 is 38.3 Å². The van der Waals surface area contributed by atoms with E-state index in [9.17, 15) is 9.90 Å². The van der Waals surface area contributed by atoms with Gasteiger partial charge in [-0.2, -0.15) is 0 Å². The summed E-state index contributed by atoms with van der Waals surface area (Å²) in [6.07, 6.45) is 3.90. The number of fused-ring (bicyclic) bond motifs is 1. The van der Waals surface area contributed by atoms with Gasteiger partial charge in [0.05, 0.1) is 35.4 Å². The largest absolute Gasteiger partial charge is 0.459 e. The molecule has 7 aliphatic rings. The molecule has 2 aliphatic heterocycles. The first kappa shape index (κ1) is 23.1. The molecule has 35 heavy (non-hydrogen) atoms. The van der Waals surface area contributed by atoms with Gasteiger partial charge in [-0.15, -0.1) is 0 Å². The van der Waals surface area contributed by atoms with Crippen LogP contribution in [0, 0.1) is 28.6 Å². The number of methoxy groups -OCH3 is 3. The van der Waals surface area contributed by atoms with Crippen LogP contribution in [0.4, 0.5) is 0 Å². The van der Waals surface area contributed by atoms with Crippen molar-refractivity contribution in [1.82, 2.24) is 4.90 Å². The number of aliphatic hydroxyl groups is 1. The summed E-state index contributed by atoms with van der Waals surface area (Å²) in [6.45, 7) is 4.48. The van der Waals surface area contributed by atoms with Gasteiger partial charge in [-0.1, -0.05) is 19.1 Å². The van der Waals surface area contributed by atoms with Gasteiger partial charge in [0.15, 0.2) is 5.60 Å². The SMILES string of the molecule is CO[C@H]1[C@@H]2C[C@]3(O)[C@H]1[C@@]1(C[C@@H]2OC)OCO[C@@]12[C@H]1N(C)C[C@]4(C)C=C[C@H](OC)[C@]13[C@@H]4[C@@H]2OC(C)=O. The number of piperidine rings is 1. The van der Waals surface area contributed by atoms with E-state index in [0.717, 1.165) is 6.54 Å². The summed E-state index contributed by atoms with van der Waals surface area (Å²) < 4.78 is 38.2. The lowest BCUT2D eigenvalue weighted by molar-refractivity contribution is -0.316. The topological polar surface area (TPSA) is 95.9 Å². The summed E-state index contributed by atoms with van der Waals surface area (Å²) in [6, 6.07) is -0.289. The molecule has 9 heteroatoms. The highest BCUT2D eigenvalue weighted by Crippen LogP contribution is 2.83. The van der Waals surface area contributed by atoms with Gasteiger partial charge in [0, 0.05) is 64.4 Å². The zero-order valence-corrected chi connectivity index (χ0v) is 21.4. The van der Waals surface area contributed by atoms with Crippen molar-refractivity contribution in [2.75, 3.05) is 41.7 Å². The molecule has 2 saturated heterocycles. The third kappa shape index (κ3) is 2.05. The van der Waals surface area contributed by atoms with Gasteiger partial charge >= 0.3 is 5.97 Å². The van der Waals surface area contributed by atoms with Crippen molar-refractivity contribution in [2.24, 2.45) is 28.6 Å². The second-order valence-electron chi connectivity index (χ2n) is 12.3. The molecule has 1 N–H and O–H groups in total. The zero-order chi connectivity index (χ0) is 24.8. The first-order chi connectivity index (χ1) is 16.6. The number of nitrogens with zero attached hydrogens (tertiary/aromatic N) is 1. The van der Waals surface area contributed by atoms with Crippen LogP contribution in [0.25, 0.3) is 0 Å². The summed E-state index contributed by atoms with van der Waals surface area (Å²) in [7, 11) is 7.23. The first-order valence-electron chi connectivity index (χ1n) is 12.8. The molecule has 0 amide bonds. The number of rotatable bonds is 4. The lowest BCUT2D eigenvalue weighted by Crippen LogP contribution is -2.84. The summed E-state index contributed by atoms with van der Waals surface area (Å²) >= 11 is 0. The number of carbonyl (C=O) groups excluding carboxylic acids is 1. The molecule has 0 unspecified atom stereocenters. The molecule has 9 nitrogen and oxygen atoms in total. The second-order valence-corrected chi connectivity index (χ2v) is 12.3. The van der Waals surface area contributed by atoms with Crippen molar-refractivity contribution in [3.8, 4) is 0 Å². The number of likely N-dealkylation sites (N-methyl/N-ethyl adjacent to an activating group) is 1. The first-order valence-corrected chi connectivity index (χ1v) is 12.8. The predicted molar refractivity (Wildman–Crippen MR) is 121 cm³/mol. The molecular weight excluding hydrogens is 454 g/mol. The quantitative estimate of drug-likeness (QED) is 0.451. The number of likely N-dealkylation sites (tertiary alicyclic amines) is 1. The molecule has 13 atom stereocenters. The normalized spacial score (nSPS) is 61.1. The van der Waals surface area contributed by atoms with Gasteiger partial charge in [0.25, 0.3) is 0 Å². The van der Waals surface area contributed by atoms with Gasteiger partial charge in [0.2, 0.25) is 0 Å². The van der Waals surface area contributed by atoms with Crippen LogP contribution >= 0.6 is 0 Å². The Morgan fingerprint density at radius 1 is 1.11 bits per heavy atom. The van der Waals surface area contributed by atoms with Crippen molar-refractivity contribution in [1.29, 1.82) is 0 Å². The molecule has 5 aliphatic carbocycles. The third-order valence-electron chi connectivity index (χ3n) is 11.4. The smallest absolute Gasteiger partial charge is 0.303 e. The van der Waals surface area contributed by atoms with Gasteiger partial charge in [-0.25, -0.2) is 0 Å². The van der Waals surface area contributed by atoms with Gasteiger partial charge in [0.1, 0.15) is 18.5 Å². The third-order valence-corrected chi connectivity index (χ3v) is 11.4. The van der Waals surface area contributed by atoms with Crippen LogP contribution in [-0.2, 0) is 33.2 Å². The van der Waals surface area contributed by atoms with E-state index in [1.165, 1.54) is 6.92 Å². The van der Waals surface area contributed by atoms with Gasteiger partial charge < -0.3 is 33.5 Å². The van der Waals surface area contributed by atoms with Crippen LogP contribution < -0.4 is 0 Å². The molecule has 0 aromatic carbocycles. The van der Waals surface area contributed by atoms with Crippen LogP contribution in [0.15, 0.2) is 12.2 Å². The summed E-state index contributed by atoms with van der Waals surface area (Å²) in [5, 5.41) is 13.3. The fraction of sp³-hybridized carbons (Fsp3) is 0.885. The Hall–Kier alpha value is -1.07. The highest BCUT2D eigenvalue weighted by atomic mass is 16.7. The number of esters is 1. The maximum Gasteiger partial charge on any atom is 0.303 e. The lowest BCUT2D eigenvalue weighted by Gasteiger charge is -2.70. The van der Waals surface area contributed by atoms with Crippen LogP contribution in [-0.4, -0.2) is 105 Å². The minimum Gasteiger partial charge on any atom is -0.459 e. The lowest BCUT2D eigenvalue weighted by atomic mass is 9.42. The monoisotopic (exact) mass is 491 g/mol. The van der Waals surface area contributed by atoms with E-state index in [-0.39, 0.29) is 54.2 Å². The maximum atomic E-state index is 13.3. The molecule has 0 radical (unpaired) electrons. The van der Waals surface area contributed by atoms with Gasteiger partial charge in [-0.3, -0.25) is 9.69 Å². The molecule has 194 valence electrons. The predicted octanol–water partition coefficient (Wildman–Crippen LogP) is 0.736. The Balaban J connectivity index is 1.62. The van der Waals surface area contributed by atoms with Crippen molar-refractivity contribution in [3.05, 3.63) is 12.2 Å². The Morgan fingerprint density at radius 2 is 1.89 bits per heavy atom. The average Bonchev–Trinajstić information content (AvgIpc) is 3.36. The standard InChI is InChI=1S/C26H37NO8/c1-13(28)35-20-19-22(2)8-7-16(31-5)25(19)21(27(3)11-22)26(20)24(33-12-34-26)10-15(30-4)14-9-23(25,29)18(24)17(14)32-6/h7-8,14-21,29H,9-12H2,1-6H3/t14-,15+,16+,17+,18+,19-,20+,21+,22+,23+,24-,25+,26+/m1/s1. The Morgan fingerprint density at radius 3 is 2.54 bits per heavy atom. The molecule has 2 heterocycles. The average molecular weight is 492 g/mol. The summed E-state index contributed by atoms with van der Waals surface area (Å²) in [5.41, 5.74) is -4.32. The number of hydrogen-bond acceptors (Lipinski definition) is 9. The summed E-state index contributed by atoms with van der Waals surface area (Å²) in [4.78, 5) is 15.0. The Labute approximate surface area is 206 Å². The summed E-state index contributed by atoms with van der Waals surface area (Å²) in [5.74, 6) is -0.947. The van der Waals surface area contributed by atoms with Crippen LogP contribution in [0.5, 0.6) is 0 Å². The zero-order valence-electron chi connectivity index (χ0n) is 21.4. The molecule has 4 saturated carbocycles. The molecule has 0 aromatic rings. The molecule has 7 rings (SSSR count). The molecular formula is C26H37NO8. The van der Waals surface area contributed by atoms with E-state index in [1.807, 2.05) is 0 Å². The minimum absolute atomic E-state index is 0.00785. The van der Waals surface area contributed by atoms with E-state index in [2.05, 4.69) is 31.0 Å². The number of carbonyl (C=O) groups is 1. The minimum atomic E-state index is -1.21.